The van der Waals surface area contributed by atoms with E-state index in [0.29, 0.717) is 11.4 Å². The van der Waals surface area contributed by atoms with E-state index in [0.717, 1.165) is 22.5 Å². The van der Waals surface area contributed by atoms with Gasteiger partial charge in [-0.25, -0.2) is 4.98 Å². The third-order valence-corrected chi connectivity index (χ3v) is 3.90. The van der Waals surface area contributed by atoms with Crippen LogP contribution in [0.25, 0.3) is 0 Å². The zero-order valence-electron chi connectivity index (χ0n) is 11.8. The molecule has 0 unspecified atom stereocenters. The lowest BCUT2D eigenvalue weighted by Crippen LogP contribution is -2.12. The molecule has 1 N–H and O–H groups in total. The summed E-state index contributed by atoms with van der Waals surface area (Å²) in [6, 6.07) is 5.62. The number of Topliss-reactive ketones (excluding diaryl/α,β-unsaturated/α-hetero) is 1. The van der Waals surface area contributed by atoms with Crippen molar-refractivity contribution in [3.05, 3.63) is 45.4 Å². The predicted octanol–water partition coefficient (Wildman–Crippen LogP) is 2.65. The molecule has 0 fully saturated rings. The molecule has 6 heteroatoms. The quantitative estimate of drug-likeness (QED) is 0.830. The Morgan fingerprint density at radius 2 is 2.05 bits per heavy atom. The Bertz CT molecular complexity index is 678. The van der Waals surface area contributed by atoms with Gasteiger partial charge in [0.15, 0.2) is 11.6 Å². The fourth-order valence-electron chi connectivity index (χ4n) is 1.69. The molecule has 0 atom stereocenters. The second-order valence-corrected chi connectivity index (χ2v) is 5.53. The van der Waals surface area contributed by atoms with Gasteiger partial charge in [0.05, 0.1) is 12.1 Å². The second-order valence-electron chi connectivity index (χ2n) is 4.67. The summed E-state index contributed by atoms with van der Waals surface area (Å²) in [5.74, 6) is -0.589. The van der Waals surface area contributed by atoms with Crippen LogP contribution in [0.2, 0.25) is 0 Å². The number of carboxylic acids is 1. The third-order valence-electron chi connectivity index (χ3n) is 2.97. The number of ketones is 1. The fraction of sp³-hybridized carbons (Fsp3) is 0.267. The van der Waals surface area contributed by atoms with Crippen LogP contribution >= 0.6 is 11.3 Å². The Morgan fingerprint density at radius 3 is 2.71 bits per heavy atom. The first-order valence-electron chi connectivity index (χ1n) is 6.35. The van der Waals surface area contributed by atoms with Gasteiger partial charge in [0, 0.05) is 5.38 Å². The van der Waals surface area contributed by atoms with Crippen LogP contribution in [0.1, 0.15) is 26.6 Å². The topological polar surface area (TPSA) is 76.5 Å². The summed E-state index contributed by atoms with van der Waals surface area (Å²) in [6.07, 6.45) is -0.179. The minimum atomic E-state index is -0.967. The Morgan fingerprint density at radius 1 is 1.29 bits per heavy atom. The van der Waals surface area contributed by atoms with Gasteiger partial charge in [0.25, 0.3) is 0 Å². The van der Waals surface area contributed by atoms with Gasteiger partial charge >= 0.3 is 5.97 Å². The first kappa shape index (κ1) is 15.2. The first-order valence-corrected chi connectivity index (χ1v) is 7.23. The molecule has 1 aromatic heterocycles. The molecular formula is C15H15NO4S. The van der Waals surface area contributed by atoms with Crippen LogP contribution in [-0.4, -0.2) is 28.4 Å². The monoisotopic (exact) mass is 305 g/mol. The van der Waals surface area contributed by atoms with Gasteiger partial charge in [-0.2, -0.15) is 0 Å². The van der Waals surface area contributed by atoms with Crippen LogP contribution in [0.5, 0.6) is 5.75 Å². The van der Waals surface area contributed by atoms with E-state index in [4.69, 9.17) is 9.84 Å². The highest BCUT2D eigenvalue weighted by Crippen LogP contribution is 2.17. The average Bonchev–Trinajstić information content (AvgIpc) is 2.87. The Labute approximate surface area is 126 Å². The number of hydrogen-bond acceptors (Lipinski definition) is 5. The van der Waals surface area contributed by atoms with Crippen molar-refractivity contribution in [2.24, 2.45) is 0 Å². The minimum absolute atomic E-state index is 0.109. The number of nitrogens with zero attached hydrogens (tertiary/aromatic N) is 1. The summed E-state index contributed by atoms with van der Waals surface area (Å²) in [7, 11) is 0. The smallest absolute Gasteiger partial charge is 0.309 e. The number of rotatable bonds is 6. The maximum Gasteiger partial charge on any atom is 0.309 e. The van der Waals surface area contributed by atoms with E-state index in [9.17, 15) is 9.59 Å². The highest BCUT2D eigenvalue weighted by atomic mass is 32.1. The van der Waals surface area contributed by atoms with E-state index >= 15 is 0 Å². The molecule has 0 aliphatic rings. The number of hydrogen-bond donors (Lipinski definition) is 1. The van der Waals surface area contributed by atoms with Crippen LogP contribution < -0.4 is 4.74 Å². The number of aliphatic carboxylic acids is 1. The van der Waals surface area contributed by atoms with Crippen molar-refractivity contribution in [1.29, 1.82) is 0 Å². The lowest BCUT2D eigenvalue weighted by Gasteiger charge is -2.06. The van der Waals surface area contributed by atoms with Gasteiger partial charge in [-0.3, -0.25) is 9.59 Å². The maximum absolute atomic E-state index is 11.9. The van der Waals surface area contributed by atoms with E-state index in [1.165, 1.54) is 0 Å². The number of carboxylic acid groups (broad SMARTS) is 1. The summed E-state index contributed by atoms with van der Waals surface area (Å²) < 4.78 is 5.45. The van der Waals surface area contributed by atoms with Crippen LogP contribution in [0.3, 0.4) is 0 Å². The molecule has 0 radical (unpaired) electrons. The molecule has 5 nitrogen and oxygen atoms in total. The van der Waals surface area contributed by atoms with Crippen molar-refractivity contribution in [2.45, 2.75) is 20.3 Å². The molecule has 0 aliphatic heterocycles. The van der Waals surface area contributed by atoms with Crippen molar-refractivity contribution < 1.29 is 19.4 Å². The zero-order valence-corrected chi connectivity index (χ0v) is 12.6. The number of aryl methyl sites for hydroxylation is 2. The predicted molar refractivity (Wildman–Crippen MR) is 79.2 cm³/mol. The number of carbonyl (C=O) groups excluding carboxylic acids is 1. The summed E-state index contributed by atoms with van der Waals surface area (Å²) >= 11 is 1.14. The van der Waals surface area contributed by atoms with Crippen molar-refractivity contribution in [2.75, 3.05) is 6.61 Å². The number of carbonyl (C=O) groups is 2. The maximum atomic E-state index is 11.9. The first-order chi connectivity index (χ1) is 9.95. The Hall–Kier alpha value is -2.21. The molecule has 0 amide bonds. The van der Waals surface area contributed by atoms with Crippen molar-refractivity contribution in [3.63, 3.8) is 0 Å². The van der Waals surface area contributed by atoms with Crippen LogP contribution in [0.4, 0.5) is 0 Å². The molecule has 0 spiro atoms. The highest BCUT2D eigenvalue weighted by Gasteiger charge is 2.13. The molecule has 1 aromatic carbocycles. The summed E-state index contributed by atoms with van der Waals surface area (Å²) in [4.78, 5) is 26.5. The zero-order chi connectivity index (χ0) is 15.4. The van der Waals surface area contributed by atoms with E-state index in [1.54, 1.807) is 5.38 Å². The van der Waals surface area contributed by atoms with E-state index in [2.05, 4.69) is 4.98 Å². The summed E-state index contributed by atoms with van der Waals surface area (Å²) in [5.41, 5.74) is 2.65. The molecule has 2 aromatic rings. The third kappa shape index (κ3) is 4.13. The number of aromatic nitrogens is 1. The summed E-state index contributed by atoms with van der Waals surface area (Å²) in [6.45, 7) is 3.87. The average molecular weight is 305 g/mol. The molecular weight excluding hydrogens is 290 g/mol. The lowest BCUT2D eigenvalue weighted by atomic mass is 10.1. The van der Waals surface area contributed by atoms with E-state index in [1.807, 2.05) is 32.0 Å². The Kier molecular flexibility index (Phi) is 4.70. The van der Waals surface area contributed by atoms with Crippen LogP contribution in [0, 0.1) is 13.8 Å². The van der Waals surface area contributed by atoms with Gasteiger partial charge in [-0.1, -0.05) is 6.07 Å². The number of thiazole rings is 1. The lowest BCUT2D eigenvalue weighted by molar-refractivity contribution is -0.136. The Balaban J connectivity index is 1.96. The molecule has 0 bridgehead atoms. The second kappa shape index (κ2) is 6.49. The van der Waals surface area contributed by atoms with Gasteiger partial charge in [0.1, 0.15) is 5.75 Å². The SMILES string of the molecule is Cc1ccc(OCC(=O)c2nc(CC(=O)O)cs2)cc1C. The molecule has 2 rings (SSSR count). The number of benzene rings is 1. The standard InChI is InChI=1S/C15H15NO4S/c1-9-3-4-12(5-10(9)2)20-7-13(17)15-16-11(8-21-15)6-14(18)19/h3-5,8H,6-7H2,1-2H3,(H,18,19). The minimum Gasteiger partial charge on any atom is -0.485 e. The molecule has 21 heavy (non-hydrogen) atoms. The van der Waals surface area contributed by atoms with Crippen LogP contribution in [-0.2, 0) is 11.2 Å². The molecule has 0 aliphatic carbocycles. The summed E-state index contributed by atoms with van der Waals surface area (Å²) in [5, 5.41) is 10.5. The molecule has 0 saturated heterocycles. The van der Waals surface area contributed by atoms with Gasteiger partial charge < -0.3 is 9.84 Å². The fourth-order valence-corrected chi connectivity index (χ4v) is 2.43. The van der Waals surface area contributed by atoms with Crippen LogP contribution in [0.15, 0.2) is 23.6 Å². The van der Waals surface area contributed by atoms with Gasteiger partial charge in [0.2, 0.25) is 5.78 Å². The van der Waals surface area contributed by atoms with Crippen molar-refractivity contribution in [3.8, 4) is 5.75 Å². The normalized spacial score (nSPS) is 10.4. The molecule has 0 saturated carbocycles. The molecule has 110 valence electrons. The van der Waals surface area contributed by atoms with Gasteiger partial charge in [-0.05, 0) is 37.1 Å². The largest absolute Gasteiger partial charge is 0.485 e. The highest BCUT2D eigenvalue weighted by molar-refractivity contribution is 7.11. The van der Waals surface area contributed by atoms with E-state index < -0.39 is 5.97 Å². The van der Waals surface area contributed by atoms with Gasteiger partial charge in [-0.15, -0.1) is 11.3 Å². The van der Waals surface area contributed by atoms with E-state index in [-0.39, 0.29) is 23.8 Å². The van der Waals surface area contributed by atoms with Crippen molar-refractivity contribution in [1.82, 2.24) is 4.98 Å². The molecule has 1 heterocycles. The van der Waals surface area contributed by atoms with Crippen molar-refractivity contribution >= 4 is 23.1 Å². The number of ether oxygens (including phenoxy) is 1.